The maximum absolute atomic E-state index is 12.2. The summed E-state index contributed by atoms with van der Waals surface area (Å²) < 4.78 is 0. The minimum atomic E-state index is 0.0554. The van der Waals surface area contributed by atoms with Gasteiger partial charge in [-0.1, -0.05) is 32.1 Å². The molecule has 0 radical (unpaired) electrons. The largest absolute Gasteiger partial charge is 0.395 e. The van der Waals surface area contributed by atoms with E-state index in [1.54, 1.807) is 0 Å². The summed E-state index contributed by atoms with van der Waals surface area (Å²) in [5, 5.41) is 12.2. The van der Waals surface area contributed by atoms with Gasteiger partial charge in [0.05, 0.1) is 6.61 Å². The number of nitrogens with zero attached hydrogens (tertiary/aromatic N) is 1. The van der Waals surface area contributed by atoms with Gasteiger partial charge >= 0.3 is 6.03 Å². The highest BCUT2D eigenvalue weighted by Gasteiger charge is 2.45. The predicted molar refractivity (Wildman–Crippen MR) is 73.8 cm³/mol. The van der Waals surface area contributed by atoms with Gasteiger partial charge in [-0.2, -0.15) is 0 Å². The van der Waals surface area contributed by atoms with Crippen molar-refractivity contribution in [1.82, 2.24) is 10.2 Å². The summed E-state index contributed by atoms with van der Waals surface area (Å²) in [6.07, 6.45) is 10.2. The second-order valence-corrected chi connectivity index (χ2v) is 6.50. The van der Waals surface area contributed by atoms with Gasteiger partial charge in [-0.25, -0.2) is 4.79 Å². The van der Waals surface area contributed by atoms with E-state index in [9.17, 15) is 4.79 Å². The molecule has 3 fully saturated rings. The van der Waals surface area contributed by atoms with Crippen LogP contribution in [0.2, 0.25) is 0 Å². The second-order valence-electron chi connectivity index (χ2n) is 6.50. The molecule has 108 valence electrons. The Bertz CT molecular complexity index is 324. The van der Waals surface area contributed by atoms with Gasteiger partial charge in [-0.3, -0.25) is 0 Å². The van der Waals surface area contributed by atoms with E-state index in [-0.39, 0.29) is 12.6 Å². The van der Waals surface area contributed by atoms with Crippen molar-refractivity contribution in [3.63, 3.8) is 0 Å². The zero-order chi connectivity index (χ0) is 13.2. The maximum atomic E-state index is 12.2. The monoisotopic (exact) mass is 266 g/mol. The van der Waals surface area contributed by atoms with Gasteiger partial charge in [0, 0.05) is 18.6 Å². The van der Waals surface area contributed by atoms with E-state index in [1.807, 2.05) is 4.90 Å². The van der Waals surface area contributed by atoms with Gasteiger partial charge in [0.2, 0.25) is 0 Å². The lowest BCUT2D eigenvalue weighted by atomic mass is 9.85. The standard InChI is InChI=1S/C15H26N2O2/c18-9-8-17(12-6-7-12)15(19)16-14-10-13(14)11-4-2-1-3-5-11/h11-14,18H,1-10H2,(H,16,19). The molecule has 19 heavy (non-hydrogen) atoms. The van der Waals surface area contributed by atoms with Crippen molar-refractivity contribution in [3.05, 3.63) is 0 Å². The number of carbonyl (C=O) groups excluding carboxylic acids is 1. The van der Waals surface area contributed by atoms with E-state index >= 15 is 0 Å². The molecule has 4 nitrogen and oxygen atoms in total. The van der Waals surface area contributed by atoms with Crippen molar-refractivity contribution in [3.8, 4) is 0 Å². The molecule has 0 aromatic carbocycles. The minimum Gasteiger partial charge on any atom is -0.395 e. The van der Waals surface area contributed by atoms with E-state index in [2.05, 4.69) is 5.32 Å². The third kappa shape index (κ3) is 3.22. The lowest BCUT2D eigenvalue weighted by Gasteiger charge is -2.24. The SMILES string of the molecule is O=C(NC1CC1C1CCCCC1)N(CCO)C1CC1. The molecule has 0 heterocycles. The Morgan fingerprint density at radius 1 is 1.16 bits per heavy atom. The van der Waals surface area contributed by atoms with Crippen LogP contribution in [0.15, 0.2) is 0 Å². The first-order valence-electron chi connectivity index (χ1n) is 7.97. The fourth-order valence-electron chi connectivity index (χ4n) is 3.65. The van der Waals surface area contributed by atoms with Crippen molar-refractivity contribution in [2.24, 2.45) is 11.8 Å². The van der Waals surface area contributed by atoms with Crippen LogP contribution in [0.5, 0.6) is 0 Å². The van der Waals surface area contributed by atoms with E-state index in [1.165, 1.54) is 38.5 Å². The maximum Gasteiger partial charge on any atom is 0.317 e. The number of rotatable bonds is 5. The molecule has 2 atom stereocenters. The molecule has 3 saturated carbocycles. The number of aliphatic hydroxyl groups is 1. The Hall–Kier alpha value is -0.770. The minimum absolute atomic E-state index is 0.0554. The van der Waals surface area contributed by atoms with Crippen LogP contribution in [-0.2, 0) is 0 Å². The van der Waals surface area contributed by atoms with E-state index < -0.39 is 0 Å². The fourth-order valence-corrected chi connectivity index (χ4v) is 3.65. The predicted octanol–water partition coefficient (Wildman–Crippen LogP) is 2.12. The summed E-state index contributed by atoms with van der Waals surface area (Å²) in [5.41, 5.74) is 0. The van der Waals surface area contributed by atoms with Crippen LogP contribution < -0.4 is 5.32 Å². The average molecular weight is 266 g/mol. The van der Waals surface area contributed by atoms with Crippen LogP contribution in [0, 0.1) is 11.8 Å². The quantitative estimate of drug-likeness (QED) is 0.801. The lowest BCUT2D eigenvalue weighted by Crippen LogP contribution is -2.44. The van der Waals surface area contributed by atoms with E-state index in [0.29, 0.717) is 18.6 Å². The summed E-state index contributed by atoms with van der Waals surface area (Å²) in [6.45, 7) is 0.554. The van der Waals surface area contributed by atoms with E-state index in [4.69, 9.17) is 5.11 Å². The molecule has 0 aliphatic heterocycles. The van der Waals surface area contributed by atoms with Crippen LogP contribution in [0.4, 0.5) is 4.79 Å². The molecule has 0 bridgehead atoms. The Kier molecular flexibility index (Phi) is 3.96. The van der Waals surface area contributed by atoms with Gasteiger partial charge < -0.3 is 15.3 Å². The molecular formula is C15H26N2O2. The van der Waals surface area contributed by atoms with Crippen LogP contribution in [-0.4, -0.2) is 41.3 Å². The number of carbonyl (C=O) groups is 1. The summed E-state index contributed by atoms with van der Waals surface area (Å²) in [6, 6.07) is 0.856. The highest BCUT2D eigenvalue weighted by molar-refractivity contribution is 5.75. The number of hydrogen-bond donors (Lipinski definition) is 2. The zero-order valence-electron chi connectivity index (χ0n) is 11.7. The van der Waals surface area contributed by atoms with Crippen molar-refractivity contribution in [2.75, 3.05) is 13.2 Å². The first-order chi connectivity index (χ1) is 9.29. The Morgan fingerprint density at radius 3 is 2.53 bits per heavy atom. The molecule has 3 rings (SSSR count). The first-order valence-corrected chi connectivity index (χ1v) is 7.97. The third-order valence-electron chi connectivity index (χ3n) is 4.99. The number of hydrogen-bond acceptors (Lipinski definition) is 2. The van der Waals surface area contributed by atoms with Crippen LogP contribution >= 0.6 is 0 Å². The average Bonchev–Trinajstić information content (AvgIpc) is 3.31. The zero-order valence-corrected chi connectivity index (χ0v) is 11.7. The van der Waals surface area contributed by atoms with Crippen molar-refractivity contribution >= 4 is 6.03 Å². The summed E-state index contributed by atoms with van der Waals surface area (Å²) in [4.78, 5) is 14.0. The van der Waals surface area contributed by atoms with Gasteiger partial charge in [-0.15, -0.1) is 0 Å². The molecule has 0 spiro atoms. The van der Waals surface area contributed by atoms with Crippen molar-refractivity contribution in [1.29, 1.82) is 0 Å². The topological polar surface area (TPSA) is 52.6 Å². The van der Waals surface area contributed by atoms with Gasteiger partial charge in [0.1, 0.15) is 0 Å². The van der Waals surface area contributed by atoms with E-state index in [0.717, 1.165) is 24.7 Å². The number of nitrogens with one attached hydrogen (secondary N) is 1. The Labute approximate surface area is 115 Å². The molecule has 2 unspecified atom stereocenters. The molecule has 0 aromatic rings. The van der Waals surface area contributed by atoms with Gasteiger partial charge in [-0.05, 0) is 31.1 Å². The Morgan fingerprint density at radius 2 is 1.89 bits per heavy atom. The number of aliphatic hydroxyl groups excluding tert-OH is 1. The normalized spacial score (nSPS) is 31.0. The fraction of sp³-hybridized carbons (Fsp3) is 0.933. The molecule has 4 heteroatoms. The molecular weight excluding hydrogens is 240 g/mol. The smallest absolute Gasteiger partial charge is 0.317 e. The lowest BCUT2D eigenvalue weighted by molar-refractivity contribution is 0.172. The molecule has 0 saturated heterocycles. The molecule has 3 aliphatic carbocycles. The highest BCUT2D eigenvalue weighted by atomic mass is 16.3. The second kappa shape index (κ2) is 5.70. The summed E-state index contributed by atoms with van der Waals surface area (Å²) in [7, 11) is 0. The first kappa shape index (κ1) is 13.2. The van der Waals surface area contributed by atoms with Crippen LogP contribution in [0.1, 0.15) is 51.4 Å². The molecule has 2 amide bonds. The van der Waals surface area contributed by atoms with Crippen molar-refractivity contribution in [2.45, 2.75) is 63.5 Å². The van der Waals surface area contributed by atoms with Gasteiger partial charge in [0.25, 0.3) is 0 Å². The van der Waals surface area contributed by atoms with Gasteiger partial charge in [0.15, 0.2) is 0 Å². The number of urea groups is 1. The molecule has 3 aliphatic rings. The Balaban J connectivity index is 1.45. The molecule has 0 aromatic heterocycles. The summed E-state index contributed by atoms with van der Waals surface area (Å²) in [5.74, 6) is 1.59. The number of amides is 2. The third-order valence-corrected chi connectivity index (χ3v) is 4.99. The van der Waals surface area contributed by atoms with Crippen molar-refractivity contribution < 1.29 is 9.90 Å². The van der Waals surface area contributed by atoms with Crippen LogP contribution in [0.25, 0.3) is 0 Å². The molecule has 2 N–H and O–H groups in total. The summed E-state index contributed by atoms with van der Waals surface area (Å²) >= 11 is 0. The highest BCUT2D eigenvalue weighted by Crippen LogP contribution is 2.44. The van der Waals surface area contributed by atoms with Crippen LogP contribution in [0.3, 0.4) is 0 Å².